The summed E-state index contributed by atoms with van der Waals surface area (Å²) in [6.07, 6.45) is 4.46. The molecule has 6 heteroatoms. The van der Waals surface area contributed by atoms with Gasteiger partial charge in [0.2, 0.25) is 5.91 Å². The van der Waals surface area contributed by atoms with E-state index in [9.17, 15) is 9.59 Å². The Balaban J connectivity index is 2.06. The van der Waals surface area contributed by atoms with E-state index < -0.39 is 5.54 Å². The van der Waals surface area contributed by atoms with Gasteiger partial charge in [-0.1, -0.05) is 12.8 Å². The van der Waals surface area contributed by atoms with Crippen LogP contribution in [-0.4, -0.2) is 55.1 Å². The molecule has 3 amide bonds. The zero-order chi connectivity index (χ0) is 14.6. The monoisotopic (exact) mass is 282 g/mol. The molecule has 0 aromatic rings. The zero-order valence-corrected chi connectivity index (χ0v) is 12.5. The Kier molecular flexibility index (Phi) is 4.86. The molecule has 1 aliphatic carbocycles. The van der Waals surface area contributed by atoms with Crippen molar-refractivity contribution in [2.45, 2.75) is 50.6 Å². The SMILES string of the molecule is CCNC(=O)NC1(C(=O)N(C)C2CCNC2)CCCC1. The largest absolute Gasteiger partial charge is 0.339 e. The summed E-state index contributed by atoms with van der Waals surface area (Å²) < 4.78 is 0. The van der Waals surface area contributed by atoms with E-state index in [0.29, 0.717) is 6.54 Å². The molecule has 1 saturated carbocycles. The summed E-state index contributed by atoms with van der Waals surface area (Å²) in [5.74, 6) is 0.0648. The van der Waals surface area contributed by atoms with Gasteiger partial charge in [-0.05, 0) is 32.7 Å². The van der Waals surface area contributed by atoms with Crippen LogP contribution in [0.5, 0.6) is 0 Å². The Morgan fingerprint density at radius 1 is 1.35 bits per heavy atom. The molecule has 0 spiro atoms. The lowest BCUT2D eigenvalue weighted by Crippen LogP contribution is -2.61. The van der Waals surface area contributed by atoms with Crippen LogP contribution < -0.4 is 16.0 Å². The van der Waals surface area contributed by atoms with Crippen molar-refractivity contribution >= 4 is 11.9 Å². The summed E-state index contributed by atoms with van der Waals surface area (Å²) in [6.45, 7) is 4.25. The van der Waals surface area contributed by atoms with E-state index in [1.807, 2.05) is 18.9 Å². The molecular weight excluding hydrogens is 256 g/mol. The Hall–Kier alpha value is -1.30. The fourth-order valence-corrected chi connectivity index (χ4v) is 3.27. The van der Waals surface area contributed by atoms with Crippen LogP contribution in [0.2, 0.25) is 0 Å². The number of hydrogen-bond donors (Lipinski definition) is 3. The number of carbonyl (C=O) groups is 2. The first-order chi connectivity index (χ1) is 9.59. The molecule has 0 bridgehead atoms. The molecule has 2 fully saturated rings. The summed E-state index contributed by atoms with van der Waals surface area (Å²) in [5.41, 5.74) is -0.698. The van der Waals surface area contributed by atoms with Gasteiger partial charge in [0.25, 0.3) is 0 Å². The van der Waals surface area contributed by atoms with Crippen molar-refractivity contribution in [2.24, 2.45) is 0 Å². The third-order valence-corrected chi connectivity index (χ3v) is 4.46. The number of hydrogen-bond acceptors (Lipinski definition) is 3. The molecule has 1 unspecified atom stereocenters. The van der Waals surface area contributed by atoms with Gasteiger partial charge in [0.1, 0.15) is 5.54 Å². The lowest BCUT2D eigenvalue weighted by Gasteiger charge is -2.35. The fourth-order valence-electron chi connectivity index (χ4n) is 3.27. The van der Waals surface area contributed by atoms with Crippen molar-refractivity contribution in [1.29, 1.82) is 0 Å². The van der Waals surface area contributed by atoms with Gasteiger partial charge in [-0.2, -0.15) is 0 Å². The highest BCUT2D eigenvalue weighted by molar-refractivity contribution is 5.91. The molecule has 1 aliphatic heterocycles. The molecule has 1 heterocycles. The zero-order valence-electron chi connectivity index (χ0n) is 12.5. The van der Waals surface area contributed by atoms with Gasteiger partial charge < -0.3 is 20.9 Å². The van der Waals surface area contributed by atoms with E-state index in [2.05, 4.69) is 16.0 Å². The molecule has 1 saturated heterocycles. The molecule has 1 atom stereocenters. The fraction of sp³-hybridized carbons (Fsp3) is 0.857. The maximum atomic E-state index is 12.8. The van der Waals surface area contributed by atoms with E-state index in [1.165, 1.54) is 0 Å². The average molecular weight is 282 g/mol. The molecule has 0 radical (unpaired) electrons. The molecule has 6 nitrogen and oxygen atoms in total. The first-order valence-corrected chi connectivity index (χ1v) is 7.63. The Labute approximate surface area is 120 Å². The van der Waals surface area contributed by atoms with Crippen LogP contribution >= 0.6 is 0 Å². The first kappa shape index (κ1) is 15.1. The highest BCUT2D eigenvalue weighted by atomic mass is 16.2. The Bertz CT molecular complexity index is 360. The summed E-state index contributed by atoms with van der Waals surface area (Å²) in [7, 11) is 1.86. The first-order valence-electron chi connectivity index (χ1n) is 7.63. The highest BCUT2D eigenvalue weighted by Gasteiger charge is 2.45. The Morgan fingerprint density at radius 3 is 2.60 bits per heavy atom. The number of carbonyl (C=O) groups excluding carboxylic acids is 2. The highest BCUT2D eigenvalue weighted by Crippen LogP contribution is 2.32. The number of rotatable bonds is 4. The standard InChI is InChI=1S/C14H26N4O2/c1-3-16-13(20)17-14(7-4-5-8-14)12(19)18(2)11-6-9-15-10-11/h11,15H,3-10H2,1-2H3,(H2,16,17,20). The van der Waals surface area contributed by atoms with Gasteiger partial charge in [-0.15, -0.1) is 0 Å². The molecule has 3 N–H and O–H groups in total. The van der Waals surface area contributed by atoms with Gasteiger partial charge in [0.15, 0.2) is 0 Å². The van der Waals surface area contributed by atoms with E-state index in [4.69, 9.17) is 0 Å². The van der Waals surface area contributed by atoms with Crippen molar-refractivity contribution in [3.8, 4) is 0 Å². The maximum absolute atomic E-state index is 12.8. The molecule has 0 aromatic heterocycles. The second kappa shape index (κ2) is 6.43. The number of amides is 3. The second-order valence-corrected chi connectivity index (χ2v) is 5.84. The quantitative estimate of drug-likeness (QED) is 0.700. The topological polar surface area (TPSA) is 73.5 Å². The van der Waals surface area contributed by atoms with E-state index in [-0.39, 0.29) is 18.0 Å². The molecule has 2 aliphatic rings. The lowest BCUT2D eigenvalue weighted by atomic mass is 9.95. The minimum absolute atomic E-state index is 0.0648. The number of likely N-dealkylation sites (N-methyl/N-ethyl adjacent to an activating group) is 1. The van der Waals surface area contributed by atoms with Gasteiger partial charge >= 0.3 is 6.03 Å². The molecule has 2 rings (SSSR count). The third kappa shape index (κ3) is 3.06. The maximum Gasteiger partial charge on any atom is 0.315 e. The summed E-state index contributed by atoms with van der Waals surface area (Å²) in [5, 5.41) is 8.94. The number of nitrogens with zero attached hydrogens (tertiary/aromatic N) is 1. The van der Waals surface area contributed by atoms with Crippen LogP contribution in [0.15, 0.2) is 0 Å². The molecule has 20 heavy (non-hydrogen) atoms. The van der Waals surface area contributed by atoms with E-state index in [0.717, 1.165) is 45.2 Å². The summed E-state index contributed by atoms with van der Waals surface area (Å²) in [4.78, 5) is 26.5. The van der Waals surface area contributed by atoms with Gasteiger partial charge in [-0.25, -0.2) is 4.79 Å². The van der Waals surface area contributed by atoms with Crippen LogP contribution in [0.25, 0.3) is 0 Å². The third-order valence-electron chi connectivity index (χ3n) is 4.46. The number of nitrogens with one attached hydrogen (secondary N) is 3. The molecular formula is C14H26N4O2. The van der Waals surface area contributed by atoms with Crippen molar-refractivity contribution in [3.63, 3.8) is 0 Å². The van der Waals surface area contributed by atoms with Crippen LogP contribution in [0.4, 0.5) is 4.79 Å². The Morgan fingerprint density at radius 2 is 2.05 bits per heavy atom. The van der Waals surface area contributed by atoms with E-state index in [1.54, 1.807) is 0 Å². The second-order valence-electron chi connectivity index (χ2n) is 5.84. The van der Waals surface area contributed by atoms with E-state index >= 15 is 0 Å². The van der Waals surface area contributed by atoms with Gasteiger partial charge in [-0.3, -0.25) is 4.79 Å². The van der Waals surface area contributed by atoms with Crippen molar-refractivity contribution in [3.05, 3.63) is 0 Å². The minimum atomic E-state index is -0.698. The van der Waals surface area contributed by atoms with Crippen molar-refractivity contribution < 1.29 is 9.59 Å². The number of urea groups is 1. The van der Waals surface area contributed by atoms with Crippen LogP contribution in [0.3, 0.4) is 0 Å². The van der Waals surface area contributed by atoms with Gasteiger partial charge in [0, 0.05) is 26.2 Å². The molecule has 0 aromatic carbocycles. The van der Waals surface area contributed by atoms with Crippen LogP contribution in [-0.2, 0) is 4.79 Å². The summed E-state index contributed by atoms with van der Waals surface area (Å²) >= 11 is 0. The van der Waals surface area contributed by atoms with Crippen LogP contribution in [0.1, 0.15) is 39.0 Å². The smallest absolute Gasteiger partial charge is 0.315 e. The predicted octanol–water partition coefficient (Wildman–Crippen LogP) is 0.439. The normalized spacial score (nSPS) is 24.4. The predicted molar refractivity (Wildman–Crippen MR) is 77.5 cm³/mol. The van der Waals surface area contributed by atoms with Crippen molar-refractivity contribution in [2.75, 3.05) is 26.7 Å². The van der Waals surface area contributed by atoms with Gasteiger partial charge in [0.05, 0.1) is 0 Å². The summed E-state index contributed by atoms with van der Waals surface area (Å²) in [6, 6.07) is 0.0108. The lowest BCUT2D eigenvalue weighted by molar-refractivity contribution is -0.138. The average Bonchev–Trinajstić information content (AvgIpc) is 3.08. The molecule has 114 valence electrons. The van der Waals surface area contributed by atoms with Crippen LogP contribution in [0, 0.1) is 0 Å². The van der Waals surface area contributed by atoms with Crippen molar-refractivity contribution in [1.82, 2.24) is 20.9 Å². The minimum Gasteiger partial charge on any atom is -0.339 e.